The van der Waals surface area contributed by atoms with Gasteiger partial charge < -0.3 is 10.2 Å². The molecule has 1 aliphatic carbocycles. The fraction of sp³-hybridized carbons (Fsp3) is 0.667. The van der Waals surface area contributed by atoms with E-state index in [0.29, 0.717) is 0 Å². The number of anilines is 1. The molecule has 0 heterocycles. The Labute approximate surface area is 136 Å². The second-order valence-corrected chi connectivity index (χ2v) is 5.91. The smallest absolute Gasteiger partial charge is 0.0366 e. The molecule has 0 spiro atoms. The zero-order chi connectivity index (χ0) is 14.2. The van der Waals surface area contributed by atoms with Gasteiger partial charge in [-0.3, -0.25) is 0 Å². The van der Waals surface area contributed by atoms with Crippen LogP contribution in [-0.2, 0) is 6.54 Å². The minimum atomic E-state index is 0. The largest absolute Gasteiger partial charge is 0.372 e. The Hall–Kier alpha value is -0.730. The molecule has 120 valence electrons. The van der Waals surface area contributed by atoms with E-state index in [4.69, 9.17) is 0 Å². The van der Waals surface area contributed by atoms with E-state index in [0.717, 1.165) is 25.7 Å². The molecule has 1 fully saturated rings. The van der Waals surface area contributed by atoms with Crippen LogP contribution in [0.15, 0.2) is 24.3 Å². The zero-order valence-electron chi connectivity index (χ0n) is 13.6. The van der Waals surface area contributed by atoms with Crippen molar-refractivity contribution >= 4 is 18.1 Å². The highest BCUT2D eigenvalue weighted by Gasteiger charge is 2.11. The standard InChI is InChI=1S/C18H30N2.ClH/c1-3-20(4-2)18-13-11-16(12-14-18)15-19-17-9-7-5-6-8-10-17;/h11-14,17,19H,3-10,15H2,1-2H3;1H. The van der Waals surface area contributed by atoms with E-state index in [2.05, 4.69) is 48.3 Å². The third kappa shape index (κ3) is 5.88. The van der Waals surface area contributed by atoms with Crippen LogP contribution in [-0.4, -0.2) is 19.1 Å². The van der Waals surface area contributed by atoms with Crippen molar-refractivity contribution in [3.05, 3.63) is 29.8 Å². The molecule has 2 rings (SSSR count). The lowest BCUT2D eigenvalue weighted by atomic mass is 10.1. The zero-order valence-corrected chi connectivity index (χ0v) is 14.4. The molecule has 1 aromatic carbocycles. The lowest BCUT2D eigenvalue weighted by Gasteiger charge is -2.21. The van der Waals surface area contributed by atoms with Crippen LogP contribution >= 0.6 is 12.4 Å². The van der Waals surface area contributed by atoms with Gasteiger partial charge in [-0.1, -0.05) is 37.8 Å². The molecule has 0 atom stereocenters. The highest BCUT2D eigenvalue weighted by Crippen LogP contribution is 2.18. The second-order valence-electron chi connectivity index (χ2n) is 5.91. The fourth-order valence-corrected chi connectivity index (χ4v) is 3.16. The van der Waals surface area contributed by atoms with Crippen LogP contribution < -0.4 is 10.2 Å². The molecule has 0 bridgehead atoms. The van der Waals surface area contributed by atoms with Gasteiger partial charge in [0.25, 0.3) is 0 Å². The minimum Gasteiger partial charge on any atom is -0.372 e. The maximum Gasteiger partial charge on any atom is 0.0366 e. The van der Waals surface area contributed by atoms with Crippen molar-refractivity contribution in [3.63, 3.8) is 0 Å². The molecule has 0 radical (unpaired) electrons. The van der Waals surface area contributed by atoms with Gasteiger partial charge in [0, 0.05) is 31.4 Å². The molecule has 3 heteroatoms. The summed E-state index contributed by atoms with van der Waals surface area (Å²) in [5.41, 5.74) is 2.75. The Kier molecular flexibility index (Phi) is 8.79. The number of benzene rings is 1. The maximum atomic E-state index is 3.74. The summed E-state index contributed by atoms with van der Waals surface area (Å²) in [5.74, 6) is 0. The number of hydrogen-bond acceptors (Lipinski definition) is 2. The van der Waals surface area contributed by atoms with E-state index in [1.165, 1.54) is 49.8 Å². The van der Waals surface area contributed by atoms with E-state index in [1.807, 2.05) is 0 Å². The summed E-state index contributed by atoms with van der Waals surface area (Å²) >= 11 is 0. The van der Waals surface area contributed by atoms with E-state index in [1.54, 1.807) is 0 Å². The van der Waals surface area contributed by atoms with Crippen molar-refractivity contribution in [2.75, 3.05) is 18.0 Å². The van der Waals surface area contributed by atoms with Crippen molar-refractivity contribution in [2.24, 2.45) is 0 Å². The third-order valence-corrected chi connectivity index (χ3v) is 4.51. The van der Waals surface area contributed by atoms with Crippen LogP contribution in [0.25, 0.3) is 0 Å². The Bertz CT molecular complexity index is 365. The number of nitrogens with zero attached hydrogens (tertiary/aromatic N) is 1. The molecule has 0 unspecified atom stereocenters. The normalized spacial score (nSPS) is 16.1. The monoisotopic (exact) mass is 310 g/mol. The lowest BCUT2D eigenvalue weighted by molar-refractivity contribution is 0.459. The predicted molar refractivity (Wildman–Crippen MR) is 95.6 cm³/mol. The van der Waals surface area contributed by atoms with E-state index >= 15 is 0 Å². The maximum absolute atomic E-state index is 3.74. The predicted octanol–water partition coefficient (Wildman–Crippen LogP) is 4.77. The average Bonchev–Trinajstić information content (AvgIpc) is 2.76. The van der Waals surface area contributed by atoms with Crippen molar-refractivity contribution in [3.8, 4) is 0 Å². The first kappa shape index (κ1) is 18.3. The first-order valence-electron chi connectivity index (χ1n) is 8.40. The van der Waals surface area contributed by atoms with Crippen LogP contribution in [0.5, 0.6) is 0 Å². The van der Waals surface area contributed by atoms with Gasteiger partial charge in [-0.2, -0.15) is 0 Å². The number of nitrogens with one attached hydrogen (secondary N) is 1. The summed E-state index contributed by atoms with van der Waals surface area (Å²) in [7, 11) is 0. The quantitative estimate of drug-likeness (QED) is 0.762. The molecule has 1 aromatic rings. The molecule has 1 saturated carbocycles. The van der Waals surface area contributed by atoms with Crippen LogP contribution in [0.1, 0.15) is 57.9 Å². The van der Waals surface area contributed by atoms with E-state index < -0.39 is 0 Å². The topological polar surface area (TPSA) is 15.3 Å². The van der Waals surface area contributed by atoms with Gasteiger partial charge in [-0.25, -0.2) is 0 Å². The number of rotatable bonds is 6. The van der Waals surface area contributed by atoms with Gasteiger partial charge in [-0.15, -0.1) is 12.4 Å². The van der Waals surface area contributed by atoms with Gasteiger partial charge >= 0.3 is 0 Å². The van der Waals surface area contributed by atoms with Gasteiger partial charge in [-0.05, 0) is 44.4 Å². The van der Waals surface area contributed by atoms with Crippen molar-refractivity contribution < 1.29 is 0 Å². The summed E-state index contributed by atoms with van der Waals surface area (Å²) in [6.45, 7) is 7.60. The van der Waals surface area contributed by atoms with Crippen molar-refractivity contribution in [2.45, 2.75) is 65.0 Å². The number of hydrogen-bond donors (Lipinski definition) is 1. The van der Waals surface area contributed by atoms with Gasteiger partial charge in [0.1, 0.15) is 0 Å². The highest BCUT2D eigenvalue weighted by molar-refractivity contribution is 5.85. The Balaban J connectivity index is 0.00000220. The SMILES string of the molecule is CCN(CC)c1ccc(CNC2CCCCCC2)cc1.Cl. The van der Waals surface area contributed by atoms with Crippen molar-refractivity contribution in [1.82, 2.24) is 5.32 Å². The van der Waals surface area contributed by atoms with Gasteiger partial charge in [0.15, 0.2) is 0 Å². The van der Waals surface area contributed by atoms with E-state index in [9.17, 15) is 0 Å². The molecule has 1 aliphatic rings. The molecule has 0 saturated heterocycles. The van der Waals surface area contributed by atoms with Gasteiger partial charge in [0.05, 0.1) is 0 Å². The summed E-state index contributed by atoms with van der Waals surface area (Å²) in [4.78, 5) is 2.39. The molecule has 0 amide bonds. The molecule has 21 heavy (non-hydrogen) atoms. The third-order valence-electron chi connectivity index (χ3n) is 4.51. The molecule has 0 aromatic heterocycles. The summed E-state index contributed by atoms with van der Waals surface area (Å²) in [6.07, 6.45) is 8.37. The van der Waals surface area contributed by atoms with Crippen molar-refractivity contribution in [1.29, 1.82) is 0 Å². The molecular weight excluding hydrogens is 280 g/mol. The fourth-order valence-electron chi connectivity index (χ4n) is 3.16. The van der Waals surface area contributed by atoms with E-state index in [-0.39, 0.29) is 12.4 Å². The van der Waals surface area contributed by atoms with Crippen LogP contribution in [0.3, 0.4) is 0 Å². The first-order chi connectivity index (χ1) is 9.83. The highest BCUT2D eigenvalue weighted by atomic mass is 35.5. The molecular formula is C18H31ClN2. The summed E-state index contributed by atoms with van der Waals surface area (Å²) in [5, 5.41) is 3.74. The first-order valence-corrected chi connectivity index (χ1v) is 8.40. The summed E-state index contributed by atoms with van der Waals surface area (Å²) in [6, 6.07) is 9.81. The Morgan fingerprint density at radius 1 is 0.952 bits per heavy atom. The Morgan fingerprint density at radius 2 is 1.52 bits per heavy atom. The Morgan fingerprint density at radius 3 is 2.05 bits per heavy atom. The molecule has 2 nitrogen and oxygen atoms in total. The molecule has 0 aliphatic heterocycles. The van der Waals surface area contributed by atoms with Crippen LogP contribution in [0.4, 0.5) is 5.69 Å². The second kappa shape index (κ2) is 10.1. The minimum absolute atomic E-state index is 0. The average molecular weight is 311 g/mol. The summed E-state index contributed by atoms with van der Waals surface area (Å²) < 4.78 is 0. The molecule has 1 N–H and O–H groups in total. The lowest BCUT2D eigenvalue weighted by Crippen LogP contribution is -2.27. The van der Waals surface area contributed by atoms with Crippen LogP contribution in [0.2, 0.25) is 0 Å². The van der Waals surface area contributed by atoms with Crippen LogP contribution in [0, 0.1) is 0 Å². The number of halogens is 1. The van der Waals surface area contributed by atoms with Gasteiger partial charge in [0.2, 0.25) is 0 Å².